The Labute approximate surface area is 235 Å². The van der Waals surface area contributed by atoms with Crippen LogP contribution in [0, 0.1) is 10.8 Å². The van der Waals surface area contributed by atoms with Gasteiger partial charge in [0.2, 0.25) is 0 Å². The van der Waals surface area contributed by atoms with Gasteiger partial charge in [0.1, 0.15) is 22.6 Å². The maximum Gasteiger partial charge on any atom is 0.341 e. The zero-order valence-electron chi connectivity index (χ0n) is 24.4. The van der Waals surface area contributed by atoms with E-state index in [9.17, 15) is 14.4 Å². The van der Waals surface area contributed by atoms with E-state index in [0.29, 0.717) is 0 Å². The Kier molecular flexibility index (Phi) is 8.28. The predicted octanol–water partition coefficient (Wildman–Crippen LogP) is 5.61. The molecule has 2 aliphatic rings. The van der Waals surface area contributed by atoms with Gasteiger partial charge in [0.05, 0.1) is 51.7 Å². The number of hydrogen-bond acceptors (Lipinski definition) is 9. The smallest absolute Gasteiger partial charge is 0.341 e. The van der Waals surface area contributed by atoms with Gasteiger partial charge in [0, 0.05) is 10.8 Å². The van der Waals surface area contributed by atoms with Crippen molar-refractivity contribution in [1.29, 1.82) is 0 Å². The molecule has 0 amide bonds. The van der Waals surface area contributed by atoms with E-state index in [1.807, 2.05) is 19.9 Å². The van der Waals surface area contributed by atoms with Crippen molar-refractivity contribution in [3.8, 4) is 11.5 Å². The first kappa shape index (κ1) is 29.6. The van der Waals surface area contributed by atoms with Crippen LogP contribution in [0.1, 0.15) is 92.0 Å². The monoisotopic (exact) mass is 554 g/mol. The third-order valence-electron chi connectivity index (χ3n) is 8.34. The third-order valence-corrected chi connectivity index (χ3v) is 8.34. The van der Waals surface area contributed by atoms with Gasteiger partial charge in [-0.1, -0.05) is 39.8 Å². The Morgan fingerprint density at radius 3 is 1.62 bits per heavy atom. The molecule has 0 saturated carbocycles. The van der Waals surface area contributed by atoms with Crippen LogP contribution in [0.5, 0.6) is 11.5 Å². The van der Waals surface area contributed by atoms with Gasteiger partial charge in [-0.05, 0) is 49.2 Å². The summed E-state index contributed by atoms with van der Waals surface area (Å²) in [7, 11) is 2.56. The van der Waals surface area contributed by atoms with E-state index in [1.54, 1.807) is 30.3 Å². The van der Waals surface area contributed by atoms with E-state index < -0.39 is 17.9 Å². The van der Waals surface area contributed by atoms with Gasteiger partial charge >= 0.3 is 17.9 Å². The van der Waals surface area contributed by atoms with Gasteiger partial charge in [-0.15, -0.1) is 0 Å². The summed E-state index contributed by atoms with van der Waals surface area (Å²) in [5.41, 5.74) is 1.83. The SMILES string of the molecule is COC(=O)c1cc(C2OC(C)C2(C)C)ccc1OCCC(=O)Oc1ccc(C2OC(C)C2(C)C)cc1C(=O)OC. The summed E-state index contributed by atoms with van der Waals surface area (Å²) in [4.78, 5) is 37.6. The van der Waals surface area contributed by atoms with Crippen molar-refractivity contribution in [2.45, 2.75) is 72.4 Å². The summed E-state index contributed by atoms with van der Waals surface area (Å²) in [6.45, 7) is 12.4. The maximum absolute atomic E-state index is 12.7. The lowest BCUT2D eigenvalue weighted by Crippen LogP contribution is -2.48. The summed E-state index contributed by atoms with van der Waals surface area (Å²) in [5.74, 6) is -1.42. The molecule has 9 heteroatoms. The summed E-state index contributed by atoms with van der Waals surface area (Å²) < 4.78 is 32.9. The molecule has 40 heavy (non-hydrogen) atoms. The van der Waals surface area contributed by atoms with E-state index >= 15 is 0 Å². The second-order valence-electron chi connectivity index (χ2n) is 11.5. The Morgan fingerprint density at radius 2 is 1.20 bits per heavy atom. The Hall–Kier alpha value is -3.43. The van der Waals surface area contributed by atoms with Crippen LogP contribution in [0.4, 0.5) is 0 Å². The molecule has 4 atom stereocenters. The molecule has 0 spiro atoms. The highest BCUT2D eigenvalue weighted by molar-refractivity contribution is 5.94. The van der Waals surface area contributed by atoms with Gasteiger partial charge in [-0.25, -0.2) is 9.59 Å². The van der Waals surface area contributed by atoms with Crippen LogP contribution in [0.25, 0.3) is 0 Å². The fourth-order valence-electron chi connectivity index (χ4n) is 5.00. The van der Waals surface area contributed by atoms with Crippen LogP contribution in [-0.2, 0) is 23.7 Å². The van der Waals surface area contributed by atoms with Gasteiger partial charge in [-0.2, -0.15) is 0 Å². The molecule has 0 aromatic heterocycles. The standard InChI is InChI=1S/C31H38O9/c1-17-30(3,4)26(38-17)19-9-11-23(21(15-19)28(33)35-7)37-14-13-25(32)40-24-12-10-20(16-22(24)29(34)36-8)27-31(5,6)18(2)39-27/h9-12,15-18,26-27H,13-14H2,1-8H3. The number of esters is 3. The van der Waals surface area contributed by atoms with E-state index in [-0.39, 0.29) is 70.9 Å². The molecule has 4 unspecified atom stereocenters. The maximum atomic E-state index is 12.7. The van der Waals surface area contributed by atoms with Gasteiger partial charge in [0.25, 0.3) is 0 Å². The number of rotatable bonds is 9. The highest BCUT2D eigenvalue weighted by Gasteiger charge is 2.49. The molecule has 2 aromatic carbocycles. The minimum absolute atomic E-state index is 0.0573. The number of ether oxygens (including phenoxy) is 6. The van der Waals surface area contributed by atoms with Crippen LogP contribution in [0.3, 0.4) is 0 Å². The van der Waals surface area contributed by atoms with Crippen molar-refractivity contribution < 1.29 is 42.8 Å². The minimum Gasteiger partial charge on any atom is -0.492 e. The first-order valence-corrected chi connectivity index (χ1v) is 13.4. The highest BCUT2D eigenvalue weighted by Crippen LogP contribution is 2.52. The van der Waals surface area contributed by atoms with Crippen LogP contribution >= 0.6 is 0 Å². The lowest BCUT2D eigenvalue weighted by molar-refractivity contribution is -0.230. The number of carbonyl (C=O) groups excluding carboxylic acids is 3. The van der Waals surface area contributed by atoms with Crippen molar-refractivity contribution >= 4 is 17.9 Å². The highest BCUT2D eigenvalue weighted by atomic mass is 16.6. The fraction of sp³-hybridized carbons (Fsp3) is 0.516. The van der Waals surface area contributed by atoms with Crippen molar-refractivity contribution in [3.63, 3.8) is 0 Å². The van der Waals surface area contributed by atoms with Crippen molar-refractivity contribution in [3.05, 3.63) is 58.7 Å². The first-order valence-electron chi connectivity index (χ1n) is 13.4. The molecule has 4 rings (SSSR count). The second kappa shape index (κ2) is 11.2. The van der Waals surface area contributed by atoms with Gasteiger partial charge < -0.3 is 28.4 Å². The van der Waals surface area contributed by atoms with Crippen LogP contribution in [0.15, 0.2) is 36.4 Å². The van der Waals surface area contributed by atoms with Crippen molar-refractivity contribution in [2.24, 2.45) is 10.8 Å². The van der Waals surface area contributed by atoms with Crippen LogP contribution in [-0.4, -0.2) is 50.9 Å². The molecule has 9 nitrogen and oxygen atoms in total. The Bertz CT molecular complexity index is 1300. The summed E-state index contributed by atoms with van der Waals surface area (Å²) >= 11 is 0. The van der Waals surface area contributed by atoms with Gasteiger partial charge in [0.15, 0.2) is 0 Å². The van der Waals surface area contributed by atoms with E-state index in [1.165, 1.54) is 14.2 Å². The van der Waals surface area contributed by atoms with Crippen molar-refractivity contribution in [1.82, 2.24) is 0 Å². The number of carbonyl (C=O) groups is 3. The number of benzene rings is 2. The molecule has 0 radical (unpaired) electrons. The lowest BCUT2D eigenvalue weighted by atomic mass is 9.73. The minimum atomic E-state index is -0.623. The topological polar surface area (TPSA) is 107 Å². The predicted molar refractivity (Wildman–Crippen MR) is 145 cm³/mol. The Balaban J connectivity index is 1.42. The average molecular weight is 555 g/mol. The molecule has 2 heterocycles. The molecule has 0 bridgehead atoms. The normalized spacial score (nSPS) is 24.2. The third kappa shape index (κ3) is 5.45. The van der Waals surface area contributed by atoms with E-state index in [0.717, 1.165) is 11.1 Å². The van der Waals surface area contributed by atoms with E-state index in [2.05, 4.69) is 27.7 Å². The van der Waals surface area contributed by atoms with Crippen molar-refractivity contribution in [2.75, 3.05) is 20.8 Å². The fourth-order valence-corrected chi connectivity index (χ4v) is 5.00. The number of hydrogen-bond donors (Lipinski definition) is 0. The quantitative estimate of drug-likeness (QED) is 0.289. The largest absolute Gasteiger partial charge is 0.492 e. The lowest BCUT2D eigenvalue weighted by Gasteiger charge is -2.50. The zero-order valence-corrected chi connectivity index (χ0v) is 24.4. The average Bonchev–Trinajstić information content (AvgIpc) is 2.94. The molecular weight excluding hydrogens is 516 g/mol. The molecular formula is C31H38O9. The summed E-state index contributed by atoms with van der Waals surface area (Å²) in [6, 6.07) is 10.2. The molecule has 0 aliphatic carbocycles. The molecule has 0 N–H and O–H groups in total. The van der Waals surface area contributed by atoms with Gasteiger partial charge in [-0.3, -0.25) is 4.79 Å². The molecule has 2 saturated heterocycles. The first-order chi connectivity index (χ1) is 18.8. The number of methoxy groups -OCH3 is 2. The van der Waals surface area contributed by atoms with Crippen LogP contribution < -0.4 is 9.47 Å². The Morgan fingerprint density at radius 1 is 0.750 bits per heavy atom. The zero-order chi connectivity index (χ0) is 29.4. The second-order valence-corrected chi connectivity index (χ2v) is 11.5. The molecule has 2 fully saturated rings. The summed E-state index contributed by atoms with van der Waals surface area (Å²) in [5, 5.41) is 0. The molecule has 216 valence electrons. The summed E-state index contributed by atoms with van der Waals surface area (Å²) in [6.07, 6.45) is -0.300. The molecule has 2 aliphatic heterocycles. The van der Waals surface area contributed by atoms with Crippen LogP contribution in [0.2, 0.25) is 0 Å². The van der Waals surface area contributed by atoms with E-state index in [4.69, 9.17) is 28.4 Å². The molecule has 2 aromatic rings.